The summed E-state index contributed by atoms with van der Waals surface area (Å²) in [6.07, 6.45) is 4.03. The SMILES string of the molecule is CCCCNc1nc(N)nc2ccc(CCc3ccc(CN(C)C)cc3)nc12. The molecule has 0 amide bonds. The Bertz CT molecular complexity index is 905. The first-order valence-electron chi connectivity index (χ1n) is 9.94. The monoisotopic (exact) mass is 378 g/mol. The van der Waals surface area contributed by atoms with E-state index in [1.54, 1.807) is 0 Å². The van der Waals surface area contributed by atoms with Crippen LogP contribution in [0.2, 0.25) is 0 Å². The maximum atomic E-state index is 5.85. The zero-order valence-corrected chi connectivity index (χ0v) is 17.1. The molecule has 0 unspecified atom stereocenters. The maximum Gasteiger partial charge on any atom is 0.222 e. The van der Waals surface area contributed by atoms with Gasteiger partial charge in [-0.3, -0.25) is 0 Å². The van der Waals surface area contributed by atoms with Crippen LogP contribution in [0.15, 0.2) is 36.4 Å². The van der Waals surface area contributed by atoms with E-state index in [0.29, 0.717) is 0 Å². The summed E-state index contributed by atoms with van der Waals surface area (Å²) < 4.78 is 0. The fraction of sp³-hybridized carbons (Fsp3) is 0.409. The van der Waals surface area contributed by atoms with Crippen LogP contribution in [0.25, 0.3) is 11.0 Å². The van der Waals surface area contributed by atoms with Crippen LogP contribution >= 0.6 is 0 Å². The average molecular weight is 379 g/mol. The van der Waals surface area contributed by atoms with Crippen molar-refractivity contribution in [3.63, 3.8) is 0 Å². The first kappa shape index (κ1) is 20.0. The summed E-state index contributed by atoms with van der Waals surface area (Å²) >= 11 is 0. The normalized spacial score (nSPS) is 11.3. The molecular weight excluding hydrogens is 348 g/mol. The van der Waals surface area contributed by atoms with Crippen molar-refractivity contribution in [3.8, 4) is 0 Å². The van der Waals surface area contributed by atoms with E-state index < -0.39 is 0 Å². The van der Waals surface area contributed by atoms with E-state index in [4.69, 9.17) is 10.7 Å². The molecule has 3 aromatic rings. The number of nitrogen functional groups attached to an aromatic ring is 1. The summed E-state index contributed by atoms with van der Waals surface area (Å²) in [5.41, 5.74) is 11.1. The number of hydrogen-bond donors (Lipinski definition) is 2. The molecule has 148 valence electrons. The molecule has 0 aliphatic rings. The van der Waals surface area contributed by atoms with Crippen LogP contribution in [0.5, 0.6) is 0 Å². The van der Waals surface area contributed by atoms with Crippen molar-refractivity contribution in [1.29, 1.82) is 0 Å². The van der Waals surface area contributed by atoms with Gasteiger partial charge in [-0.2, -0.15) is 4.98 Å². The molecule has 0 aliphatic heterocycles. The van der Waals surface area contributed by atoms with Gasteiger partial charge in [-0.25, -0.2) is 9.97 Å². The van der Waals surface area contributed by atoms with Gasteiger partial charge in [-0.15, -0.1) is 0 Å². The van der Waals surface area contributed by atoms with Gasteiger partial charge < -0.3 is 16.0 Å². The van der Waals surface area contributed by atoms with Crippen molar-refractivity contribution < 1.29 is 0 Å². The fourth-order valence-electron chi connectivity index (χ4n) is 3.17. The fourth-order valence-corrected chi connectivity index (χ4v) is 3.17. The molecule has 3 rings (SSSR count). The van der Waals surface area contributed by atoms with E-state index in [0.717, 1.165) is 61.3 Å². The third-order valence-electron chi connectivity index (χ3n) is 4.63. The van der Waals surface area contributed by atoms with E-state index in [2.05, 4.69) is 65.5 Å². The number of anilines is 2. The second-order valence-corrected chi connectivity index (χ2v) is 7.44. The molecule has 0 saturated carbocycles. The van der Waals surface area contributed by atoms with Crippen LogP contribution in [0.3, 0.4) is 0 Å². The number of fused-ring (bicyclic) bond motifs is 1. The number of nitrogens with two attached hydrogens (primary N) is 1. The van der Waals surface area contributed by atoms with Crippen molar-refractivity contribution in [2.45, 2.75) is 39.2 Å². The highest BCUT2D eigenvalue weighted by molar-refractivity contribution is 5.86. The van der Waals surface area contributed by atoms with Gasteiger partial charge in [0.05, 0.1) is 5.52 Å². The van der Waals surface area contributed by atoms with Gasteiger partial charge in [0.2, 0.25) is 5.95 Å². The van der Waals surface area contributed by atoms with Crippen molar-refractivity contribution in [3.05, 3.63) is 53.2 Å². The molecule has 0 fully saturated rings. The molecule has 0 spiro atoms. The van der Waals surface area contributed by atoms with Gasteiger partial charge >= 0.3 is 0 Å². The van der Waals surface area contributed by atoms with E-state index in [9.17, 15) is 0 Å². The smallest absolute Gasteiger partial charge is 0.222 e. The topological polar surface area (TPSA) is 80.0 Å². The van der Waals surface area contributed by atoms with Crippen LogP contribution in [0.4, 0.5) is 11.8 Å². The summed E-state index contributed by atoms with van der Waals surface area (Å²) in [6, 6.07) is 12.8. The third-order valence-corrected chi connectivity index (χ3v) is 4.63. The van der Waals surface area contributed by atoms with Crippen LogP contribution in [-0.2, 0) is 19.4 Å². The molecule has 0 aliphatic carbocycles. The number of pyridine rings is 1. The number of aromatic nitrogens is 3. The van der Waals surface area contributed by atoms with Gasteiger partial charge in [0.25, 0.3) is 0 Å². The van der Waals surface area contributed by atoms with Gasteiger partial charge in [0.1, 0.15) is 5.52 Å². The molecule has 0 atom stereocenters. The molecule has 28 heavy (non-hydrogen) atoms. The molecule has 3 N–H and O–H groups in total. The van der Waals surface area contributed by atoms with E-state index in [-0.39, 0.29) is 5.95 Å². The van der Waals surface area contributed by atoms with Gasteiger partial charge in [0, 0.05) is 18.8 Å². The Balaban J connectivity index is 1.72. The van der Waals surface area contributed by atoms with Crippen LogP contribution in [0, 0.1) is 0 Å². The van der Waals surface area contributed by atoms with Crippen molar-refractivity contribution in [2.24, 2.45) is 0 Å². The van der Waals surface area contributed by atoms with Crippen molar-refractivity contribution in [1.82, 2.24) is 19.9 Å². The molecule has 0 bridgehead atoms. The van der Waals surface area contributed by atoms with E-state index in [1.807, 2.05) is 12.1 Å². The average Bonchev–Trinajstić information content (AvgIpc) is 2.67. The Hall–Kier alpha value is -2.73. The number of unbranched alkanes of at least 4 members (excludes halogenated alkanes) is 1. The van der Waals surface area contributed by atoms with E-state index >= 15 is 0 Å². The molecular formula is C22H30N6. The number of aryl methyl sites for hydroxylation is 2. The maximum absolute atomic E-state index is 5.85. The van der Waals surface area contributed by atoms with Gasteiger partial charge in [0.15, 0.2) is 5.82 Å². The Morgan fingerprint density at radius 2 is 1.68 bits per heavy atom. The highest BCUT2D eigenvalue weighted by Crippen LogP contribution is 2.20. The number of rotatable bonds is 9. The lowest BCUT2D eigenvalue weighted by Gasteiger charge is -2.11. The molecule has 0 radical (unpaired) electrons. The standard InChI is InChI=1S/C22H30N6/c1-4-5-14-24-21-20-19(26-22(23)27-21)13-12-18(25-20)11-10-16-6-8-17(9-7-16)15-28(2)3/h6-9,12-13H,4-5,10-11,14-15H2,1-3H3,(H3,23,24,26,27). The first-order chi connectivity index (χ1) is 13.5. The highest BCUT2D eigenvalue weighted by atomic mass is 15.1. The number of hydrogen-bond acceptors (Lipinski definition) is 6. The summed E-state index contributed by atoms with van der Waals surface area (Å²) in [5, 5.41) is 3.35. The lowest BCUT2D eigenvalue weighted by molar-refractivity contribution is 0.402. The highest BCUT2D eigenvalue weighted by Gasteiger charge is 2.09. The predicted molar refractivity (Wildman–Crippen MR) is 116 cm³/mol. The summed E-state index contributed by atoms with van der Waals surface area (Å²) in [5.74, 6) is 1.00. The lowest BCUT2D eigenvalue weighted by atomic mass is 10.1. The Labute approximate surface area is 167 Å². The summed E-state index contributed by atoms with van der Waals surface area (Å²) in [6.45, 7) is 3.98. The van der Waals surface area contributed by atoms with E-state index in [1.165, 1.54) is 11.1 Å². The number of nitrogens with one attached hydrogen (secondary N) is 1. The molecule has 2 aromatic heterocycles. The third kappa shape index (κ3) is 5.39. The Morgan fingerprint density at radius 1 is 0.929 bits per heavy atom. The second kappa shape index (κ2) is 9.46. The minimum Gasteiger partial charge on any atom is -0.368 e. The minimum absolute atomic E-state index is 0.277. The lowest BCUT2D eigenvalue weighted by Crippen LogP contribution is -2.10. The van der Waals surface area contributed by atoms with Crippen LogP contribution < -0.4 is 11.1 Å². The Kier molecular flexibility index (Phi) is 6.76. The molecule has 2 heterocycles. The number of nitrogens with zero attached hydrogens (tertiary/aromatic N) is 4. The van der Waals surface area contributed by atoms with Gasteiger partial charge in [-0.1, -0.05) is 37.6 Å². The minimum atomic E-state index is 0.277. The predicted octanol–water partition coefficient (Wildman–Crippen LogP) is 3.67. The molecule has 6 nitrogen and oxygen atoms in total. The summed E-state index contributed by atoms with van der Waals surface area (Å²) in [7, 11) is 4.17. The Morgan fingerprint density at radius 3 is 2.39 bits per heavy atom. The van der Waals surface area contributed by atoms with Crippen molar-refractivity contribution >= 4 is 22.8 Å². The zero-order valence-electron chi connectivity index (χ0n) is 17.1. The largest absolute Gasteiger partial charge is 0.368 e. The zero-order chi connectivity index (χ0) is 19.9. The molecule has 6 heteroatoms. The summed E-state index contributed by atoms with van der Waals surface area (Å²) in [4.78, 5) is 15.7. The quantitative estimate of drug-likeness (QED) is 0.553. The first-order valence-corrected chi connectivity index (χ1v) is 9.94. The van der Waals surface area contributed by atoms with Crippen LogP contribution in [-0.4, -0.2) is 40.5 Å². The van der Waals surface area contributed by atoms with Crippen LogP contribution in [0.1, 0.15) is 36.6 Å². The van der Waals surface area contributed by atoms with Crippen molar-refractivity contribution in [2.75, 3.05) is 31.7 Å². The van der Waals surface area contributed by atoms with Gasteiger partial charge in [-0.05, 0) is 56.6 Å². The number of benzene rings is 1. The molecule has 0 saturated heterocycles. The second-order valence-electron chi connectivity index (χ2n) is 7.44. The molecule has 1 aromatic carbocycles.